The maximum atomic E-state index is 13.1. The third-order valence-electron chi connectivity index (χ3n) is 2.22. The van der Waals surface area contributed by atoms with E-state index in [1.807, 2.05) is 0 Å². The second kappa shape index (κ2) is 7.35. The highest BCUT2D eigenvalue weighted by atomic mass is 32.2. The second-order valence-electron chi connectivity index (χ2n) is 3.79. The summed E-state index contributed by atoms with van der Waals surface area (Å²) in [6, 6.07) is 0. The molecule has 0 amide bonds. The molecule has 0 rings (SSSR count). The SMILES string of the molecule is CCC(=O)SCCC(F)CC(F)(F)C(F)(F)C(F)F. The quantitative estimate of drug-likeness (QED) is 0.621. The zero-order valence-corrected chi connectivity index (χ0v) is 10.8. The van der Waals surface area contributed by atoms with Crippen molar-refractivity contribution in [3.05, 3.63) is 0 Å². The smallest absolute Gasteiger partial charge is 0.287 e. The zero-order chi connectivity index (χ0) is 15.3. The summed E-state index contributed by atoms with van der Waals surface area (Å²) in [4.78, 5) is 10.8. The van der Waals surface area contributed by atoms with Crippen LogP contribution < -0.4 is 0 Å². The van der Waals surface area contributed by atoms with Crippen molar-refractivity contribution in [2.24, 2.45) is 0 Å². The highest BCUT2D eigenvalue weighted by Crippen LogP contribution is 2.42. The van der Waals surface area contributed by atoms with Gasteiger partial charge in [0.2, 0.25) is 0 Å². The van der Waals surface area contributed by atoms with Crippen LogP contribution in [0.3, 0.4) is 0 Å². The Bertz CT molecular complexity index is 296. The predicted molar refractivity (Wildman–Crippen MR) is 57.8 cm³/mol. The maximum Gasteiger partial charge on any atom is 0.369 e. The van der Waals surface area contributed by atoms with Crippen molar-refractivity contribution in [1.29, 1.82) is 0 Å². The van der Waals surface area contributed by atoms with Crippen molar-refractivity contribution in [2.75, 3.05) is 5.75 Å². The van der Waals surface area contributed by atoms with Gasteiger partial charge >= 0.3 is 18.3 Å². The fraction of sp³-hybridized carbons (Fsp3) is 0.900. The van der Waals surface area contributed by atoms with E-state index in [1.165, 1.54) is 0 Å². The van der Waals surface area contributed by atoms with Crippen LogP contribution in [0.5, 0.6) is 0 Å². The summed E-state index contributed by atoms with van der Waals surface area (Å²) in [5, 5.41) is -0.295. The highest BCUT2D eigenvalue weighted by molar-refractivity contribution is 8.13. The van der Waals surface area contributed by atoms with Crippen LogP contribution in [0.15, 0.2) is 0 Å². The van der Waals surface area contributed by atoms with E-state index in [9.17, 15) is 35.5 Å². The number of halogens is 7. The molecule has 0 aromatic rings. The van der Waals surface area contributed by atoms with Crippen LogP contribution in [0.1, 0.15) is 26.2 Å². The van der Waals surface area contributed by atoms with E-state index in [1.54, 1.807) is 6.92 Å². The molecule has 0 aromatic heterocycles. The monoisotopic (exact) mass is 314 g/mol. The third-order valence-corrected chi connectivity index (χ3v) is 3.27. The number of carbonyl (C=O) groups excluding carboxylic acids is 1. The van der Waals surface area contributed by atoms with Gasteiger partial charge in [-0.15, -0.1) is 0 Å². The van der Waals surface area contributed by atoms with Crippen LogP contribution >= 0.6 is 11.8 Å². The zero-order valence-electron chi connectivity index (χ0n) is 9.95. The van der Waals surface area contributed by atoms with Crippen molar-refractivity contribution in [2.45, 2.75) is 50.6 Å². The molecule has 1 atom stereocenters. The molecule has 0 saturated heterocycles. The molecular weight excluding hydrogens is 301 g/mol. The second-order valence-corrected chi connectivity index (χ2v) is 4.94. The summed E-state index contributed by atoms with van der Waals surface area (Å²) < 4.78 is 87.1. The molecular formula is C10H13F7OS. The van der Waals surface area contributed by atoms with E-state index in [2.05, 4.69) is 0 Å². The average molecular weight is 314 g/mol. The number of hydrogen-bond donors (Lipinski definition) is 0. The summed E-state index contributed by atoms with van der Waals surface area (Å²) >= 11 is 0.685. The molecule has 0 spiro atoms. The van der Waals surface area contributed by atoms with Gasteiger partial charge in [0.25, 0.3) is 0 Å². The topological polar surface area (TPSA) is 17.1 Å². The fourth-order valence-corrected chi connectivity index (χ4v) is 1.88. The van der Waals surface area contributed by atoms with Gasteiger partial charge in [0, 0.05) is 18.6 Å². The molecule has 0 radical (unpaired) electrons. The minimum Gasteiger partial charge on any atom is -0.287 e. The number of carbonyl (C=O) groups is 1. The Labute approximate surface area is 109 Å². The molecule has 0 heterocycles. The first-order valence-electron chi connectivity index (χ1n) is 5.38. The molecule has 0 aliphatic rings. The van der Waals surface area contributed by atoms with E-state index in [0.717, 1.165) is 0 Å². The van der Waals surface area contributed by atoms with Crippen LogP contribution in [-0.2, 0) is 4.79 Å². The first kappa shape index (κ1) is 18.5. The minimum atomic E-state index is -5.57. The van der Waals surface area contributed by atoms with Gasteiger partial charge in [-0.25, -0.2) is 13.2 Å². The lowest BCUT2D eigenvalue weighted by Crippen LogP contribution is -2.47. The number of thioether (sulfide) groups is 1. The van der Waals surface area contributed by atoms with Crippen LogP contribution in [-0.4, -0.2) is 35.3 Å². The molecule has 1 unspecified atom stereocenters. The van der Waals surface area contributed by atoms with Gasteiger partial charge in [0.05, 0.1) is 0 Å². The molecule has 19 heavy (non-hydrogen) atoms. The lowest BCUT2D eigenvalue weighted by molar-refractivity contribution is -0.269. The van der Waals surface area contributed by atoms with E-state index < -0.39 is 37.3 Å². The average Bonchev–Trinajstić information content (AvgIpc) is 2.27. The highest BCUT2D eigenvalue weighted by Gasteiger charge is 2.63. The first-order chi connectivity index (χ1) is 8.54. The summed E-state index contributed by atoms with van der Waals surface area (Å²) in [6.07, 6.45) is -9.35. The van der Waals surface area contributed by atoms with Gasteiger partial charge < -0.3 is 0 Å². The predicted octanol–water partition coefficient (Wildman–Crippen LogP) is 4.31. The maximum absolute atomic E-state index is 13.1. The number of hydrogen-bond acceptors (Lipinski definition) is 2. The van der Waals surface area contributed by atoms with Gasteiger partial charge in [-0.1, -0.05) is 18.7 Å². The number of alkyl halides is 7. The van der Waals surface area contributed by atoms with E-state index in [-0.39, 0.29) is 17.3 Å². The van der Waals surface area contributed by atoms with E-state index >= 15 is 0 Å². The molecule has 0 fully saturated rings. The van der Waals surface area contributed by atoms with Crippen LogP contribution in [0.4, 0.5) is 30.7 Å². The van der Waals surface area contributed by atoms with Crippen molar-refractivity contribution in [3.8, 4) is 0 Å². The Kier molecular flexibility index (Phi) is 7.17. The molecule has 0 aromatic carbocycles. The summed E-state index contributed by atoms with van der Waals surface area (Å²) in [5.41, 5.74) is 0. The molecule has 0 N–H and O–H groups in total. The normalized spacial score (nSPS) is 14.8. The van der Waals surface area contributed by atoms with Gasteiger partial charge in [-0.2, -0.15) is 17.6 Å². The Morgan fingerprint density at radius 1 is 1.16 bits per heavy atom. The molecule has 0 aliphatic carbocycles. The Morgan fingerprint density at radius 3 is 2.11 bits per heavy atom. The van der Waals surface area contributed by atoms with Gasteiger partial charge in [-0.05, 0) is 6.42 Å². The molecule has 114 valence electrons. The summed E-state index contributed by atoms with van der Waals surface area (Å²) in [7, 11) is 0. The van der Waals surface area contributed by atoms with Crippen LogP contribution in [0, 0.1) is 0 Å². The van der Waals surface area contributed by atoms with E-state index in [4.69, 9.17) is 0 Å². The van der Waals surface area contributed by atoms with Gasteiger partial charge in [0.15, 0.2) is 5.12 Å². The van der Waals surface area contributed by atoms with Gasteiger partial charge in [0.1, 0.15) is 6.17 Å². The number of rotatable bonds is 8. The van der Waals surface area contributed by atoms with Gasteiger partial charge in [-0.3, -0.25) is 4.79 Å². The molecule has 1 nitrogen and oxygen atoms in total. The van der Waals surface area contributed by atoms with Crippen molar-refractivity contribution < 1.29 is 35.5 Å². The lowest BCUT2D eigenvalue weighted by Gasteiger charge is -2.26. The standard InChI is InChI=1S/C10H13F7OS/c1-2-7(18)19-4-3-6(11)5-9(14,15)10(16,17)8(12)13/h6,8H,2-5H2,1H3. The minimum absolute atomic E-state index is 0.163. The van der Waals surface area contributed by atoms with E-state index in [0.29, 0.717) is 11.8 Å². The van der Waals surface area contributed by atoms with Crippen molar-refractivity contribution in [1.82, 2.24) is 0 Å². The Balaban J connectivity index is 4.31. The summed E-state index contributed by atoms with van der Waals surface area (Å²) in [6.45, 7) is 1.54. The Hall–Kier alpha value is -0.470. The molecule has 0 bridgehead atoms. The van der Waals surface area contributed by atoms with Crippen LogP contribution in [0.2, 0.25) is 0 Å². The molecule has 0 aliphatic heterocycles. The largest absolute Gasteiger partial charge is 0.369 e. The van der Waals surface area contributed by atoms with Crippen molar-refractivity contribution in [3.63, 3.8) is 0 Å². The Morgan fingerprint density at radius 2 is 1.68 bits per heavy atom. The van der Waals surface area contributed by atoms with Crippen molar-refractivity contribution >= 4 is 16.9 Å². The lowest BCUT2D eigenvalue weighted by atomic mass is 10.0. The third kappa shape index (κ3) is 5.58. The first-order valence-corrected chi connectivity index (χ1v) is 6.36. The van der Waals surface area contributed by atoms with Crippen LogP contribution in [0.25, 0.3) is 0 Å². The fourth-order valence-electron chi connectivity index (χ4n) is 1.08. The molecule has 0 saturated carbocycles. The summed E-state index contributed by atoms with van der Waals surface area (Å²) in [5.74, 6) is -10.9. The molecule has 9 heteroatoms.